The SMILES string of the molecule is CCCC1CN2CCC1CC2[C@@H](O)c1ccnc2ccc(C)cc12. The van der Waals surface area contributed by atoms with E-state index in [0.29, 0.717) is 0 Å². The van der Waals surface area contributed by atoms with Gasteiger partial charge in [-0.05, 0) is 68.3 Å². The number of hydrogen-bond acceptors (Lipinski definition) is 3. The van der Waals surface area contributed by atoms with E-state index in [0.717, 1.165) is 41.3 Å². The van der Waals surface area contributed by atoms with E-state index in [1.807, 2.05) is 12.3 Å². The molecule has 4 heterocycles. The van der Waals surface area contributed by atoms with Gasteiger partial charge in [0.2, 0.25) is 0 Å². The number of nitrogens with zero attached hydrogens (tertiary/aromatic N) is 2. The van der Waals surface area contributed by atoms with Crippen LogP contribution < -0.4 is 0 Å². The van der Waals surface area contributed by atoms with Gasteiger partial charge in [0, 0.05) is 24.2 Å². The van der Waals surface area contributed by atoms with Crippen LogP contribution in [0.4, 0.5) is 0 Å². The van der Waals surface area contributed by atoms with Crippen LogP contribution in [0.1, 0.15) is 49.8 Å². The molecule has 3 heteroatoms. The molecule has 2 aromatic rings. The van der Waals surface area contributed by atoms with Gasteiger partial charge in [-0.1, -0.05) is 25.0 Å². The second kappa shape index (κ2) is 6.45. The Labute approximate surface area is 144 Å². The monoisotopic (exact) mass is 324 g/mol. The van der Waals surface area contributed by atoms with Crippen molar-refractivity contribution in [1.29, 1.82) is 0 Å². The molecule has 0 amide bonds. The molecule has 1 aromatic heterocycles. The van der Waals surface area contributed by atoms with E-state index >= 15 is 0 Å². The van der Waals surface area contributed by atoms with Crippen molar-refractivity contribution in [3.05, 3.63) is 41.6 Å². The van der Waals surface area contributed by atoms with Crippen molar-refractivity contribution < 1.29 is 5.11 Å². The lowest BCUT2D eigenvalue weighted by molar-refractivity contribution is -0.0574. The zero-order valence-corrected chi connectivity index (χ0v) is 14.8. The minimum Gasteiger partial charge on any atom is -0.387 e. The van der Waals surface area contributed by atoms with Gasteiger partial charge in [0.05, 0.1) is 11.6 Å². The second-order valence-corrected chi connectivity index (χ2v) is 7.76. The number of aliphatic hydroxyl groups is 1. The maximum atomic E-state index is 11.2. The molecular weight excluding hydrogens is 296 g/mol. The average molecular weight is 324 g/mol. The standard InChI is InChI=1S/C21H28N2O/c1-3-4-16-13-23-10-8-15(16)12-20(23)21(24)17-7-9-22-19-6-5-14(2)11-18(17)19/h5-7,9,11,15-16,20-21,24H,3-4,8,10,12-13H2,1-2H3/t15?,16?,20?,21-/m0/s1. The Kier molecular flexibility index (Phi) is 4.31. The van der Waals surface area contributed by atoms with Gasteiger partial charge in [-0.3, -0.25) is 9.88 Å². The third-order valence-corrected chi connectivity index (χ3v) is 6.21. The van der Waals surface area contributed by atoms with Crippen molar-refractivity contribution in [1.82, 2.24) is 9.88 Å². The van der Waals surface area contributed by atoms with E-state index in [4.69, 9.17) is 0 Å². The number of fused-ring (bicyclic) bond motifs is 4. The summed E-state index contributed by atoms with van der Waals surface area (Å²) in [5.74, 6) is 1.63. The van der Waals surface area contributed by atoms with Gasteiger partial charge in [-0.25, -0.2) is 0 Å². The number of benzene rings is 1. The summed E-state index contributed by atoms with van der Waals surface area (Å²) in [5, 5.41) is 12.3. The second-order valence-electron chi connectivity index (χ2n) is 7.76. The number of pyridine rings is 1. The van der Waals surface area contributed by atoms with Crippen LogP contribution in [0.5, 0.6) is 0 Å². The van der Waals surface area contributed by atoms with Gasteiger partial charge in [-0.15, -0.1) is 0 Å². The summed E-state index contributed by atoms with van der Waals surface area (Å²) in [6.07, 6.45) is 6.48. The molecule has 24 heavy (non-hydrogen) atoms. The predicted molar refractivity (Wildman–Crippen MR) is 97.9 cm³/mol. The highest BCUT2D eigenvalue weighted by Gasteiger charge is 2.42. The summed E-state index contributed by atoms with van der Waals surface area (Å²) in [7, 11) is 0. The minimum absolute atomic E-state index is 0.267. The molecule has 3 aliphatic heterocycles. The molecule has 1 N–H and O–H groups in total. The normalized spacial score (nSPS) is 30.6. The number of rotatable bonds is 4. The lowest BCUT2D eigenvalue weighted by Gasteiger charge is -2.51. The number of hydrogen-bond donors (Lipinski definition) is 1. The third-order valence-electron chi connectivity index (χ3n) is 6.21. The lowest BCUT2D eigenvalue weighted by atomic mass is 9.72. The van der Waals surface area contributed by atoms with E-state index in [-0.39, 0.29) is 6.04 Å². The molecule has 0 aliphatic carbocycles. The zero-order valence-electron chi connectivity index (χ0n) is 14.8. The van der Waals surface area contributed by atoms with Gasteiger partial charge in [-0.2, -0.15) is 0 Å². The first-order valence-electron chi connectivity index (χ1n) is 9.44. The fraction of sp³-hybridized carbons (Fsp3) is 0.571. The Morgan fingerprint density at radius 1 is 1.33 bits per heavy atom. The van der Waals surface area contributed by atoms with Crippen LogP contribution in [0.3, 0.4) is 0 Å². The van der Waals surface area contributed by atoms with Gasteiger partial charge in [0.1, 0.15) is 0 Å². The summed E-state index contributed by atoms with van der Waals surface area (Å²) < 4.78 is 0. The summed E-state index contributed by atoms with van der Waals surface area (Å²) in [6.45, 7) is 6.70. The van der Waals surface area contributed by atoms with E-state index in [9.17, 15) is 5.11 Å². The van der Waals surface area contributed by atoms with Crippen molar-refractivity contribution >= 4 is 10.9 Å². The van der Waals surface area contributed by atoms with Crippen LogP contribution >= 0.6 is 0 Å². The summed E-state index contributed by atoms with van der Waals surface area (Å²) >= 11 is 0. The van der Waals surface area contributed by atoms with Gasteiger partial charge < -0.3 is 5.11 Å². The van der Waals surface area contributed by atoms with Crippen molar-refractivity contribution in [2.75, 3.05) is 13.1 Å². The Morgan fingerprint density at radius 2 is 2.21 bits per heavy atom. The molecule has 128 valence electrons. The van der Waals surface area contributed by atoms with Crippen LogP contribution in [0.2, 0.25) is 0 Å². The van der Waals surface area contributed by atoms with Gasteiger partial charge in [0.25, 0.3) is 0 Å². The third kappa shape index (κ3) is 2.74. The van der Waals surface area contributed by atoms with Crippen molar-refractivity contribution in [3.8, 4) is 0 Å². The average Bonchev–Trinajstić information content (AvgIpc) is 2.61. The fourth-order valence-corrected chi connectivity index (χ4v) is 4.95. The van der Waals surface area contributed by atoms with E-state index in [2.05, 4.69) is 41.9 Å². The van der Waals surface area contributed by atoms with E-state index in [1.165, 1.54) is 31.4 Å². The zero-order chi connectivity index (χ0) is 16.7. The summed E-state index contributed by atoms with van der Waals surface area (Å²) in [4.78, 5) is 7.02. The van der Waals surface area contributed by atoms with E-state index in [1.54, 1.807) is 0 Å². The first-order valence-corrected chi connectivity index (χ1v) is 9.44. The molecular formula is C21H28N2O. The summed E-state index contributed by atoms with van der Waals surface area (Å²) in [5.41, 5.74) is 3.25. The largest absolute Gasteiger partial charge is 0.387 e. The lowest BCUT2D eigenvalue weighted by Crippen LogP contribution is -2.55. The predicted octanol–water partition coefficient (Wildman–Crippen LogP) is 4.09. The quantitative estimate of drug-likeness (QED) is 0.920. The molecule has 5 atom stereocenters. The molecule has 0 saturated carbocycles. The molecule has 0 spiro atoms. The first kappa shape index (κ1) is 16.0. The maximum Gasteiger partial charge on any atom is 0.0952 e. The van der Waals surface area contributed by atoms with Crippen LogP contribution in [0, 0.1) is 18.8 Å². The fourth-order valence-electron chi connectivity index (χ4n) is 4.95. The smallest absolute Gasteiger partial charge is 0.0952 e. The van der Waals surface area contributed by atoms with Crippen LogP contribution in [0.25, 0.3) is 10.9 Å². The topological polar surface area (TPSA) is 36.4 Å². The Bertz CT molecular complexity index is 729. The highest BCUT2D eigenvalue weighted by atomic mass is 16.3. The van der Waals surface area contributed by atoms with Crippen LogP contribution in [0.15, 0.2) is 30.5 Å². The number of aryl methyl sites for hydroxylation is 1. The minimum atomic E-state index is -0.414. The van der Waals surface area contributed by atoms with E-state index < -0.39 is 6.10 Å². The molecule has 4 unspecified atom stereocenters. The van der Waals surface area contributed by atoms with Crippen molar-refractivity contribution in [2.45, 2.75) is 51.7 Å². The number of piperidine rings is 3. The molecule has 5 rings (SSSR count). The number of aliphatic hydroxyl groups excluding tert-OH is 1. The molecule has 1 aromatic carbocycles. The molecule has 3 aliphatic rings. The highest BCUT2D eigenvalue weighted by Crippen LogP contribution is 2.43. The van der Waals surface area contributed by atoms with Gasteiger partial charge >= 0.3 is 0 Å². The Morgan fingerprint density at radius 3 is 2.96 bits per heavy atom. The molecule has 3 saturated heterocycles. The van der Waals surface area contributed by atoms with Crippen LogP contribution in [-0.4, -0.2) is 34.1 Å². The Hall–Kier alpha value is -1.45. The molecule has 0 radical (unpaired) electrons. The molecule has 3 fully saturated rings. The summed E-state index contributed by atoms with van der Waals surface area (Å²) in [6, 6.07) is 8.59. The maximum absolute atomic E-state index is 11.2. The van der Waals surface area contributed by atoms with Crippen molar-refractivity contribution in [3.63, 3.8) is 0 Å². The Balaban J connectivity index is 1.63. The first-order chi connectivity index (χ1) is 11.7. The van der Waals surface area contributed by atoms with Crippen LogP contribution in [-0.2, 0) is 0 Å². The van der Waals surface area contributed by atoms with Crippen molar-refractivity contribution in [2.24, 2.45) is 11.8 Å². The highest BCUT2D eigenvalue weighted by molar-refractivity contribution is 5.83. The molecule has 2 bridgehead atoms. The molecule has 3 nitrogen and oxygen atoms in total. The van der Waals surface area contributed by atoms with Gasteiger partial charge in [0.15, 0.2) is 0 Å². The number of aromatic nitrogens is 1.